The summed E-state index contributed by atoms with van der Waals surface area (Å²) < 4.78 is 5.94. The second kappa shape index (κ2) is 5.93. The Morgan fingerprint density at radius 2 is 2.19 bits per heavy atom. The van der Waals surface area contributed by atoms with Crippen molar-refractivity contribution in [2.24, 2.45) is 5.92 Å². The number of carbonyl (C=O) groups is 2. The monoisotopic (exact) mass is 295 g/mol. The van der Waals surface area contributed by atoms with Gasteiger partial charge in [0.1, 0.15) is 6.04 Å². The lowest BCUT2D eigenvalue weighted by Gasteiger charge is -2.42. The first kappa shape index (κ1) is 14.8. The standard InChI is InChI=1S/C15H25N3O3/c1-10(2)14-15(20)16-6-13(19)18(14)8-12-7-17-5-3-4-11(17)9-21-12/h10-12,14H,3-9H2,1-2H3,(H,16,20). The third kappa shape index (κ3) is 2.92. The number of morpholine rings is 1. The van der Waals surface area contributed by atoms with Crippen molar-refractivity contribution in [3.8, 4) is 0 Å². The second-order valence-electron chi connectivity index (χ2n) is 6.70. The van der Waals surface area contributed by atoms with E-state index in [0.717, 1.165) is 19.7 Å². The molecule has 2 amide bonds. The normalized spacial score (nSPS) is 34.2. The first-order chi connectivity index (χ1) is 10.1. The van der Waals surface area contributed by atoms with Crippen molar-refractivity contribution in [2.45, 2.75) is 44.9 Å². The Hall–Kier alpha value is -1.14. The highest BCUT2D eigenvalue weighted by atomic mass is 16.5. The highest BCUT2D eigenvalue weighted by molar-refractivity contribution is 5.95. The molecule has 118 valence electrons. The fourth-order valence-electron chi connectivity index (χ4n) is 3.76. The lowest BCUT2D eigenvalue weighted by Crippen LogP contribution is -2.63. The first-order valence-corrected chi connectivity index (χ1v) is 7.99. The van der Waals surface area contributed by atoms with E-state index in [4.69, 9.17) is 4.74 Å². The van der Waals surface area contributed by atoms with Crippen LogP contribution in [0.1, 0.15) is 26.7 Å². The van der Waals surface area contributed by atoms with Crippen LogP contribution in [-0.4, -0.2) is 72.6 Å². The van der Waals surface area contributed by atoms with E-state index >= 15 is 0 Å². The van der Waals surface area contributed by atoms with Crippen molar-refractivity contribution in [3.63, 3.8) is 0 Å². The molecule has 0 radical (unpaired) electrons. The summed E-state index contributed by atoms with van der Waals surface area (Å²) in [6, 6.07) is 0.189. The number of hydrogen-bond acceptors (Lipinski definition) is 4. The molecular formula is C15H25N3O3. The molecule has 3 aliphatic rings. The van der Waals surface area contributed by atoms with E-state index < -0.39 is 0 Å². The third-order valence-electron chi connectivity index (χ3n) is 4.83. The zero-order chi connectivity index (χ0) is 15.0. The summed E-state index contributed by atoms with van der Waals surface area (Å²) in [5.41, 5.74) is 0. The number of nitrogens with zero attached hydrogens (tertiary/aromatic N) is 2. The quantitative estimate of drug-likeness (QED) is 0.785. The number of rotatable bonds is 3. The molecule has 0 spiro atoms. The van der Waals surface area contributed by atoms with Gasteiger partial charge >= 0.3 is 0 Å². The molecule has 0 aromatic carbocycles. The highest BCUT2D eigenvalue weighted by Gasteiger charge is 2.40. The van der Waals surface area contributed by atoms with Crippen molar-refractivity contribution >= 4 is 11.8 Å². The second-order valence-corrected chi connectivity index (χ2v) is 6.70. The van der Waals surface area contributed by atoms with Gasteiger partial charge in [0.05, 0.1) is 19.3 Å². The molecule has 6 heteroatoms. The van der Waals surface area contributed by atoms with Gasteiger partial charge in [-0.1, -0.05) is 13.8 Å². The van der Waals surface area contributed by atoms with Gasteiger partial charge in [-0.25, -0.2) is 0 Å². The predicted molar refractivity (Wildman–Crippen MR) is 77.7 cm³/mol. The third-order valence-corrected chi connectivity index (χ3v) is 4.83. The predicted octanol–water partition coefficient (Wildman–Crippen LogP) is -0.167. The van der Waals surface area contributed by atoms with Crippen LogP contribution in [0.4, 0.5) is 0 Å². The molecule has 3 heterocycles. The van der Waals surface area contributed by atoms with Gasteiger partial charge in [0, 0.05) is 19.1 Å². The molecular weight excluding hydrogens is 270 g/mol. The van der Waals surface area contributed by atoms with Crippen LogP contribution in [0.2, 0.25) is 0 Å². The van der Waals surface area contributed by atoms with Crippen LogP contribution >= 0.6 is 0 Å². The molecule has 0 aromatic rings. The summed E-state index contributed by atoms with van der Waals surface area (Å²) in [5, 5.41) is 2.69. The van der Waals surface area contributed by atoms with Crippen molar-refractivity contribution in [1.82, 2.24) is 15.1 Å². The Bertz CT molecular complexity index is 426. The SMILES string of the molecule is CC(C)C1C(=O)NCC(=O)N1CC1CN2CCCC2CO1. The zero-order valence-corrected chi connectivity index (χ0v) is 12.9. The minimum atomic E-state index is -0.369. The van der Waals surface area contributed by atoms with Gasteiger partial charge in [0.15, 0.2) is 0 Å². The lowest BCUT2D eigenvalue weighted by atomic mass is 9.98. The molecule has 3 saturated heterocycles. The van der Waals surface area contributed by atoms with Gasteiger partial charge < -0.3 is 15.0 Å². The molecule has 0 saturated carbocycles. The minimum Gasteiger partial charge on any atom is -0.373 e. The van der Waals surface area contributed by atoms with Gasteiger partial charge in [-0.3, -0.25) is 14.5 Å². The van der Waals surface area contributed by atoms with E-state index in [1.54, 1.807) is 4.90 Å². The number of fused-ring (bicyclic) bond motifs is 1. The van der Waals surface area contributed by atoms with E-state index in [1.807, 2.05) is 13.8 Å². The molecule has 1 N–H and O–H groups in total. The maximum Gasteiger partial charge on any atom is 0.243 e. The molecule has 3 rings (SSSR count). The van der Waals surface area contributed by atoms with Gasteiger partial charge in [0.2, 0.25) is 11.8 Å². The summed E-state index contributed by atoms with van der Waals surface area (Å²) in [4.78, 5) is 28.4. The molecule has 0 bridgehead atoms. The van der Waals surface area contributed by atoms with Crippen molar-refractivity contribution < 1.29 is 14.3 Å². The van der Waals surface area contributed by atoms with E-state index in [1.165, 1.54) is 12.8 Å². The zero-order valence-electron chi connectivity index (χ0n) is 12.9. The topological polar surface area (TPSA) is 61.9 Å². The fraction of sp³-hybridized carbons (Fsp3) is 0.867. The van der Waals surface area contributed by atoms with Crippen LogP contribution < -0.4 is 5.32 Å². The van der Waals surface area contributed by atoms with E-state index in [9.17, 15) is 9.59 Å². The Morgan fingerprint density at radius 3 is 2.95 bits per heavy atom. The number of ether oxygens (including phenoxy) is 1. The van der Waals surface area contributed by atoms with Crippen LogP contribution in [0.3, 0.4) is 0 Å². The maximum atomic E-state index is 12.2. The number of amides is 2. The number of piperazine rings is 1. The van der Waals surface area contributed by atoms with Crippen LogP contribution in [0, 0.1) is 5.92 Å². The van der Waals surface area contributed by atoms with Crippen LogP contribution in [0.5, 0.6) is 0 Å². The van der Waals surface area contributed by atoms with Crippen LogP contribution in [-0.2, 0) is 14.3 Å². The van der Waals surface area contributed by atoms with Gasteiger partial charge in [0.25, 0.3) is 0 Å². The Balaban J connectivity index is 1.66. The number of nitrogens with one attached hydrogen (secondary N) is 1. The lowest BCUT2D eigenvalue weighted by molar-refractivity contribution is -0.151. The number of carbonyl (C=O) groups excluding carboxylic acids is 2. The van der Waals surface area contributed by atoms with Crippen molar-refractivity contribution in [2.75, 3.05) is 32.8 Å². The highest BCUT2D eigenvalue weighted by Crippen LogP contribution is 2.24. The van der Waals surface area contributed by atoms with Gasteiger partial charge in [-0.05, 0) is 25.3 Å². The molecule has 0 aliphatic carbocycles. The molecule has 6 nitrogen and oxygen atoms in total. The number of hydrogen-bond donors (Lipinski definition) is 1. The largest absolute Gasteiger partial charge is 0.373 e. The smallest absolute Gasteiger partial charge is 0.243 e. The van der Waals surface area contributed by atoms with Crippen LogP contribution in [0.15, 0.2) is 0 Å². The summed E-state index contributed by atoms with van der Waals surface area (Å²) >= 11 is 0. The van der Waals surface area contributed by atoms with E-state index in [0.29, 0.717) is 12.6 Å². The summed E-state index contributed by atoms with van der Waals surface area (Å²) in [7, 11) is 0. The Morgan fingerprint density at radius 1 is 1.38 bits per heavy atom. The van der Waals surface area contributed by atoms with E-state index in [-0.39, 0.29) is 36.4 Å². The van der Waals surface area contributed by atoms with Crippen molar-refractivity contribution in [3.05, 3.63) is 0 Å². The molecule has 3 unspecified atom stereocenters. The van der Waals surface area contributed by atoms with Crippen LogP contribution in [0.25, 0.3) is 0 Å². The average molecular weight is 295 g/mol. The Labute approximate surface area is 125 Å². The van der Waals surface area contributed by atoms with Crippen molar-refractivity contribution in [1.29, 1.82) is 0 Å². The van der Waals surface area contributed by atoms with E-state index in [2.05, 4.69) is 10.2 Å². The Kier molecular flexibility index (Phi) is 4.17. The molecule has 3 atom stereocenters. The summed E-state index contributed by atoms with van der Waals surface area (Å²) in [5.74, 6) is 0.0669. The minimum absolute atomic E-state index is 0.000412. The molecule has 3 aliphatic heterocycles. The van der Waals surface area contributed by atoms with Gasteiger partial charge in [-0.2, -0.15) is 0 Å². The molecule has 3 fully saturated rings. The molecule has 21 heavy (non-hydrogen) atoms. The first-order valence-electron chi connectivity index (χ1n) is 7.99. The average Bonchev–Trinajstić information content (AvgIpc) is 2.90. The summed E-state index contributed by atoms with van der Waals surface area (Å²) in [6.07, 6.45) is 2.47. The maximum absolute atomic E-state index is 12.2. The fourth-order valence-corrected chi connectivity index (χ4v) is 3.76. The molecule has 0 aromatic heterocycles. The van der Waals surface area contributed by atoms with Gasteiger partial charge in [-0.15, -0.1) is 0 Å². The summed E-state index contributed by atoms with van der Waals surface area (Å²) in [6.45, 7) is 7.36.